The molecule has 0 aliphatic carbocycles. The van der Waals surface area contributed by atoms with Gasteiger partial charge in [-0.25, -0.2) is 8.42 Å². The first-order valence-corrected chi connectivity index (χ1v) is 8.76. The molecule has 0 spiro atoms. The zero-order valence-electron chi connectivity index (χ0n) is 13.6. The van der Waals surface area contributed by atoms with Crippen molar-refractivity contribution < 1.29 is 36.4 Å². The van der Waals surface area contributed by atoms with Crippen molar-refractivity contribution in [3.63, 3.8) is 0 Å². The minimum Gasteiger partial charge on any atom is -0.481 e. The SMILES string of the molecule is Cc1cc([N+](=O)[O-])c(C)c(S(=O)(=O)N2C[C@@H](C(F)(F)F)[C@H](C(=O)O)C2)c1. The predicted octanol–water partition coefficient (Wildman–Crippen LogP) is 2.10. The molecular weight excluding hydrogens is 381 g/mol. The van der Waals surface area contributed by atoms with Crippen LogP contribution in [0.25, 0.3) is 0 Å². The maximum absolute atomic E-state index is 13.1. The van der Waals surface area contributed by atoms with E-state index in [1.807, 2.05) is 0 Å². The second kappa shape index (κ2) is 6.50. The van der Waals surface area contributed by atoms with Gasteiger partial charge in [0.15, 0.2) is 0 Å². The van der Waals surface area contributed by atoms with Gasteiger partial charge in [0, 0.05) is 24.7 Å². The summed E-state index contributed by atoms with van der Waals surface area (Å²) in [4.78, 5) is 20.9. The fourth-order valence-corrected chi connectivity index (χ4v) is 4.77. The number of nitro benzene ring substituents is 1. The minimum atomic E-state index is -4.89. The summed E-state index contributed by atoms with van der Waals surface area (Å²) in [6.45, 7) is 0.678. The van der Waals surface area contributed by atoms with E-state index in [2.05, 4.69) is 0 Å². The summed E-state index contributed by atoms with van der Waals surface area (Å²) in [6.07, 6.45) is -4.89. The molecule has 1 aromatic rings. The van der Waals surface area contributed by atoms with Gasteiger partial charge in [0.2, 0.25) is 10.0 Å². The predicted molar refractivity (Wildman–Crippen MR) is 82.0 cm³/mol. The van der Waals surface area contributed by atoms with E-state index in [1.165, 1.54) is 13.8 Å². The van der Waals surface area contributed by atoms with Gasteiger partial charge in [-0.3, -0.25) is 14.9 Å². The fraction of sp³-hybridized carbons (Fsp3) is 0.500. The van der Waals surface area contributed by atoms with Crippen molar-refractivity contribution in [3.8, 4) is 0 Å². The first-order chi connectivity index (χ1) is 11.8. The lowest BCUT2D eigenvalue weighted by Crippen LogP contribution is -2.34. The fourth-order valence-electron chi connectivity index (χ4n) is 2.95. The summed E-state index contributed by atoms with van der Waals surface area (Å²) < 4.78 is 65.2. The first-order valence-electron chi connectivity index (χ1n) is 7.32. The lowest BCUT2D eigenvalue weighted by Gasteiger charge is -2.19. The quantitative estimate of drug-likeness (QED) is 0.615. The molecule has 0 radical (unpaired) electrons. The second-order valence-electron chi connectivity index (χ2n) is 6.08. The molecule has 0 amide bonds. The number of nitrogens with zero attached hydrogens (tertiary/aromatic N) is 2. The third-order valence-electron chi connectivity index (χ3n) is 4.32. The highest BCUT2D eigenvalue weighted by atomic mass is 32.2. The van der Waals surface area contributed by atoms with Crippen LogP contribution in [0.15, 0.2) is 17.0 Å². The summed E-state index contributed by atoms with van der Waals surface area (Å²) in [5.74, 6) is -6.04. The third kappa shape index (κ3) is 3.51. The van der Waals surface area contributed by atoms with E-state index in [0.717, 1.165) is 12.1 Å². The number of aliphatic carboxylic acids is 1. The smallest absolute Gasteiger partial charge is 0.393 e. The zero-order valence-corrected chi connectivity index (χ0v) is 14.5. The van der Waals surface area contributed by atoms with Gasteiger partial charge in [-0.05, 0) is 25.5 Å². The van der Waals surface area contributed by atoms with Gasteiger partial charge < -0.3 is 5.11 Å². The molecule has 1 aliphatic rings. The van der Waals surface area contributed by atoms with E-state index in [0.29, 0.717) is 4.31 Å². The van der Waals surface area contributed by atoms with Crippen LogP contribution in [0.1, 0.15) is 11.1 Å². The number of halogens is 3. The Balaban J connectivity index is 2.53. The maximum Gasteiger partial charge on any atom is 0.393 e. The Morgan fingerprint density at radius 1 is 1.31 bits per heavy atom. The molecule has 0 saturated carbocycles. The normalized spacial score (nSPS) is 21.7. The van der Waals surface area contributed by atoms with Gasteiger partial charge in [0.25, 0.3) is 5.69 Å². The van der Waals surface area contributed by atoms with Gasteiger partial charge in [-0.2, -0.15) is 17.5 Å². The summed E-state index contributed by atoms with van der Waals surface area (Å²) >= 11 is 0. The van der Waals surface area contributed by atoms with E-state index >= 15 is 0 Å². The van der Waals surface area contributed by atoms with E-state index in [1.54, 1.807) is 0 Å². The highest BCUT2D eigenvalue weighted by Crippen LogP contribution is 2.40. The Hall–Kier alpha value is -2.21. The number of alkyl halides is 3. The molecule has 0 bridgehead atoms. The Bertz CT molecular complexity index is 868. The van der Waals surface area contributed by atoms with Gasteiger partial charge in [-0.1, -0.05) is 0 Å². The zero-order chi connectivity index (χ0) is 20.0. The highest BCUT2D eigenvalue weighted by Gasteiger charge is 2.55. The maximum atomic E-state index is 13.1. The van der Waals surface area contributed by atoms with E-state index in [-0.39, 0.29) is 11.1 Å². The van der Waals surface area contributed by atoms with Crippen LogP contribution in [0.4, 0.5) is 18.9 Å². The van der Waals surface area contributed by atoms with Crippen LogP contribution in [0, 0.1) is 35.8 Å². The second-order valence-corrected chi connectivity index (χ2v) is 7.99. The molecule has 144 valence electrons. The number of carboxylic acids is 1. The largest absolute Gasteiger partial charge is 0.481 e. The van der Waals surface area contributed by atoms with E-state index in [4.69, 9.17) is 5.11 Å². The van der Waals surface area contributed by atoms with Crippen molar-refractivity contribution in [2.45, 2.75) is 24.9 Å². The molecule has 12 heteroatoms. The molecule has 0 aromatic heterocycles. The third-order valence-corrected chi connectivity index (χ3v) is 6.27. The molecule has 1 fully saturated rings. The van der Waals surface area contributed by atoms with Crippen molar-refractivity contribution in [1.82, 2.24) is 4.31 Å². The molecule has 1 aliphatic heterocycles. The molecule has 1 aromatic carbocycles. The molecule has 1 saturated heterocycles. The van der Waals surface area contributed by atoms with Crippen LogP contribution in [0.3, 0.4) is 0 Å². The van der Waals surface area contributed by atoms with Gasteiger partial charge in [-0.15, -0.1) is 0 Å². The molecule has 26 heavy (non-hydrogen) atoms. The molecule has 1 heterocycles. The first kappa shape index (κ1) is 20.1. The summed E-state index contributed by atoms with van der Waals surface area (Å²) in [7, 11) is -4.54. The molecule has 2 atom stereocenters. The van der Waals surface area contributed by atoms with Crippen molar-refractivity contribution in [3.05, 3.63) is 33.4 Å². The minimum absolute atomic E-state index is 0.220. The highest BCUT2D eigenvalue weighted by molar-refractivity contribution is 7.89. The molecule has 2 rings (SSSR count). The number of rotatable bonds is 4. The molecular formula is C14H15F3N2O6S. The average Bonchev–Trinajstić information content (AvgIpc) is 2.95. The lowest BCUT2D eigenvalue weighted by molar-refractivity contribution is -0.385. The van der Waals surface area contributed by atoms with Gasteiger partial charge >= 0.3 is 12.1 Å². The standard InChI is InChI=1S/C14H15F3N2O6S/c1-7-3-11(19(22)23)8(2)12(4-7)26(24,25)18-5-9(13(20)21)10(6-18)14(15,16)17/h3-4,9-10H,5-6H2,1-2H3,(H,20,21)/t9-,10-/m1/s1. The Kier molecular flexibility index (Phi) is 5.03. The van der Waals surface area contributed by atoms with Crippen LogP contribution in [-0.4, -0.2) is 48.0 Å². The van der Waals surface area contributed by atoms with Crippen molar-refractivity contribution in [1.29, 1.82) is 0 Å². The van der Waals surface area contributed by atoms with Crippen LogP contribution < -0.4 is 0 Å². The van der Waals surface area contributed by atoms with E-state index in [9.17, 15) is 36.5 Å². The number of aryl methyl sites for hydroxylation is 1. The summed E-state index contributed by atoms with van der Waals surface area (Å²) in [5.41, 5.74) is -0.463. The summed E-state index contributed by atoms with van der Waals surface area (Å²) in [6, 6.07) is 2.27. The number of carbonyl (C=O) groups is 1. The average molecular weight is 396 g/mol. The van der Waals surface area contributed by atoms with Crippen LogP contribution in [0.2, 0.25) is 0 Å². The monoisotopic (exact) mass is 396 g/mol. The summed E-state index contributed by atoms with van der Waals surface area (Å²) in [5, 5.41) is 20.1. The number of hydrogen-bond donors (Lipinski definition) is 1. The number of hydrogen-bond acceptors (Lipinski definition) is 5. The van der Waals surface area contributed by atoms with Crippen molar-refractivity contribution >= 4 is 21.7 Å². The molecule has 8 nitrogen and oxygen atoms in total. The van der Waals surface area contributed by atoms with Gasteiger partial charge in [0.05, 0.1) is 21.7 Å². The number of benzene rings is 1. The van der Waals surface area contributed by atoms with Crippen molar-refractivity contribution in [2.24, 2.45) is 11.8 Å². The van der Waals surface area contributed by atoms with Gasteiger partial charge in [0.1, 0.15) is 0 Å². The van der Waals surface area contributed by atoms with Crippen LogP contribution in [0.5, 0.6) is 0 Å². The molecule has 1 N–H and O–H groups in total. The number of carboxylic acid groups (broad SMARTS) is 1. The van der Waals surface area contributed by atoms with Crippen LogP contribution in [-0.2, 0) is 14.8 Å². The molecule has 0 unspecified atom stereocenters. The lowest BCUT2D eigenvalue weighted by atomic mass is 9.96. The Labute approximate surface area is 146 Å². The topological polar surface area (TPSA) is 118 Å². The number of sulfonamides is 1. The Morgan fingerprint density at radius 2 is 1.88 bits per heavy atom. The van der Waals surface area contributed by atoms with Crippen LogP contribution >= 0.6 is 0 Å². The number of nitro groups is 1. The Morgan fingerprint density at radius 3 is 2.31 bits per heavy atom. The van der Waals surface area contributed by atoms with Crippen molar-refractivity contribution in [2.75, 3.05) is 13.1 Å². The van der Waals surface area contributed by atoms with E-state index < -0.39 is 62.6 Å².